The summed E-state index contributed by atoms with van der Waals surface area (Å²) in [6.45, 7) is 21.3. The number of amides is 1. The molecule has 0 N–H and O–H groups in total. The zero-order valence-electron chi connectivity index (χ0n) is 25.7. The Bertz CT molecular complexity index is 1250. The molecule has 0 aromatic heterocycles. The molecule has 1 aliphatic rings. The van der Waals surface area contributed by atoms with Crippen molar-refractivity contribution in [3.8, 4) is 0 Å². The van der Waals surface area contributed by atoms with Crippen LogP contribution < -0.4 is 0 Å². The minimum absolute atomic E-state index is 0.0646. The van der Waals surface area contributed by atoms with Crippen molar-refractivity contribution in [3.63, 3.8) is 0 Å². The minimum atomic E-state index is -4.56. The molecule has 2 unspecified atom stereocenters. The van der Waals surface area contributed by atoms with E-state index in [-0.39, 0.29) is 24.8 Å². The number of hydrogen-bond acceptors (Lipinski definition) is 8. The molecule has 230 valence electrons. The van der Waals surface area contributed by atoms with E-state index in [0.717, 1.165) is 22.2 Å². The lowest BCUT2D eigenvalue weighted by Gasteiger charge is -2.44. The number of nitrogens with zero attached hydrogens (tertiary/aromatic N) is 3. The fourth-order valence-corrected chi connectivity index (χ4v) is 6.58. The molecule has 0 saturated heterocycles. The topological polar surface area (TPSA) is 129 Å². The van der Waals surface area contributed by atoms with Crippen LogP contribution >= 0.6 is 0 Å². The Balaban J connectivity index is 2.65. The molecule has 11 nitrogen and oxygen atoms in total. The average Bonchev–Trinajstić information content (AvgIpc) is 2.85. The highest BCUT2D eigenvalue weighted by Gasteiger charge is 2.44. The number of nitro benzene ring substituents is 1. The van der Waals surface area contributed by atoms with Gasteiger partial charge in [0, 0.05) is 12.6 Å². The van der Waals surface area contributed by atoms with Gasteiger partial charge in [-0.2, -0.15) is 0 Å². The van der Waals surface area contributed by atoms with Crippen LogP contribution in [0.25, 0.3) is 0 Å². The molecular formula is C28H45N3O8SSi. The first-order valence-electron chi connectivity index (χ1n) is 13.6. The summed E-state index contributed by atoms with van der Waals surface area (Å²) in [4.78, 5) is 31.1. The van der Waals surface area contributed by atoms with E-state index in [2.05, 4.69) is 40.4 Å². The third-order valence-corrected chi connectivity index (χ3v) is 13.5. The molecule has 1 heterocycles. The lowest BCUT2D eigenvalue weighted by Crippen LogP contribution is -2.57. The Morgan fingerprint density at radius 2 is 1.83 bits per heavy atom. The molecule has 0 spiro atoms. The quantitative estimate of drug-likeness (QED) is 0.128. The molecule has 1 aromatic carbocycles. The number of benzene rings is 1. The van der Waals surface area contributed by atoms with E-state index in [1.165, 1.54) is 23.1 Å². The van der Waals surface area contributed by atoms with Gasteiger partial charge in [-0.05, 0) is 57.0 Å². The molecule has 41 heavy (non-hydrogen) atoms. The number of nitro groups is 1. The smallest absolute Gasteiger partial charge is 0.410 e. The van der Waals surface area contributed by atoms with Gasteiger partial charge in [-0.1, -0.05) is 56.4 Å². The van der Waals surface area contributed by atoms with Crippen molar-refractivity contribution in [2.45, 2.75) is 95.6 Å². The standard InChI is InChI=1S/C28H45N3O8SSi/c1-11-17-37-31(40(35,36)25-16-14-13-15-23(25)30(33)34)22-18-21(12-2)24(20-38-41(9,10)28(6,7)8)29(19-22)26(32)39-27(3,4)5/h11,13-16,18,22,24H,1,12,17,19-20H2,2-10H3. The van der Waals surface area contributed by atoms with Gasteiger partial charge in [0.15, 0.2) is 13.2 Å². The zero-order valence-corrected chi connectivity index (χ0v) is 27.5. The van der Waals surface area contributed by atoms with Gasteiger partial charge in [0.05, 0.1) is 30.2 Å². The summed E-state index contributed by atoms with van der Waals surface area (Å²) < 4.78 is 40.8. The van der Waals surface area contributed by atoms with Crippen LogP contribution in [0.2, 0.25) is 18.1 Å². The maximum Gasteiger partial charge on any atom is 0.410 e. The Labute approximate surface area is 245 Å². The van der Waals surface area contributed by atoms with Crippen molar-refractivity contribution in [1.29, 1.82) is 0 Å². The van der Waals surface area contributed by atoms with Gasteiger partial charge < -0.3 is 9.16 Å². The highest BCUT2D eigenvalue weighted by atomic mass is 32.2. The normalized spacial score (nSPS) is 18.7. The van der Waals surface area contributed by atoms with E-state index < -0.39 is 57.6 Å². The maximum absolute atomic E-state index is 13.9. The number of carbonyl (C=O) groups is 1. The third-order valence-electron chi connectivity index (χ3n) is 7.21. The number of rotatable bonds is 11. The number of carbonyl (C=O) groups excluding carboxylic acids is 1. The van der Waals surface area contributed by atoms with E-state index in [0.29, 0.717) is 6.42 Å². The van der Waals surface area contributed by atoms with Gasteiger partial charge in [0.1, 0.15) is 5.60 Å². The number of para-hydroxylation sites is 1. The fraction of sp³-hybridized carbons (Fsp3) is 0.607. The number of hydroxylamine groups is 1. The van der Waals surface area contributed by atoms with Crippen molar-refractivity contribution < 1.29 is 32.1 Å². The van der Waals surface area contributed by atoms with E-state index in [9.17, 15) is 23.3 Å². The lowest BCUT2D eigenvalue weighted by atomic mass is 9.96. The highest BCUT2D eigenvalue weighted by Crippen LogP contribution is 2.38. The summed E-state index contributed by atoms with van der Waals surface area (Å²) in [5.74, 6) is 0. The summed E-state index contributed by atoms with van der Waals surface area (Å²) in [5.41, 5.74) is -0.628. The van der Waals surface area contributed by atoms with Gasteiger partial charge in [0.25, 0.3) is 15.7 Å². The van der Waals surface area contributed by atoms with Gasteiger partial charge in [-0.25, -0.2) is 13.2 Å². The van der Waals surface area contributed by atoms with Crippen LogP contribution in [0, 0.1) is 10.1 Å². The molecule has 0 bridgehead atoms. The SMILES string of the molecule is C=CCON(C1C=C(CC)C(CO[Si](C)(C)C(C)(C)C)N(C(=O)OC(C)(C)C)C1)S(=O)(=O)c1ccccc1[N+](=O)[O-]. The van der Waals surface area contributed by atoms with Crippen molar-refractivity contribution in [3.05, 3.63) is 58.7 Å². The van der Waals surface area contributed by atoms with E-state index in [4.69, 9.17) is 14.0 Å². The molecule has 0 aliphatic carbocycles. The third kappa shape index (κ3) is 8.48. The van der Waals surface area contributed by atoms with E-state index in [1.807, 2.05) is 6.92 Å². The Kier molecular flexibility index (Phi) is 11.1. The second-order valence-corrected chi connectivity index (χ2v) is 19.0. The molecule has 0 saturated carbocycles. The molecule has 1 aromatic rings. The number of hydrogen-bond donors (Lipinski definition) is 0. The van der Waals surface area contributed by atoms with Gasteiger partial charge >= 0.3 is 6.09 Å². The predicted octanol–water partition coefficient (Wildman–Crippen LogP) is 6.05. The first-order chi connectivity index (χ1) is 18.8. The molecule has 13 heteroatoms. The van der Waals surface area contributed by atoms with E-state index >= 15 is 0 Å². The summed E-state index contributed by atoms with van der Waals surface area (Å²) >= 11 is 0. The molecule has 2 rings (SSSR count). The van der Waals surface area contributed by atoms with Crippen molar-refractivity contribution >= 4 is 30.1 Å². The second-order valence-electron chi connectivity index (χ2n) is 12.5. The lowest BCUT2D eigenvalue weighted by molar-refractivity contribution is -0.388. The monoisotopic (exact) mass is 611 g/mol. The molecule has 1 aliphatic heterocycles. The molecule has 2 atom stereocenters. The first kappa shape index (κ1) is 34.6. The van der Waals surface area contributed by atoms with Crippen LogP contribution in [0.4, 0.5) is 10.5 Å². The Morgan fingerprint density at radius 1 is 1.22 bits per heavy atom. The number of sulfonamides is 1. The zero-order chi connectivity index (χ0) is 31.4. The first-order valence-corrected chi connectivity index (χ1v) is 18.0. The maximum atomic E-state index is 13.9. The van der Waals surface area contributed by atoms with Crippen molar-refractivity contribution in [2.24, 2.45) is 0 Å². The summed E-state index contributed by atoms with van der Waals surface area (Å²) in [5, 5.41) is 11.6. The van der Waals surface area contributed by atoms with Gasteiger partial charge in [-0.3, -0.25) is 19.9 Å². The molecule has 0 fully saturated rings. The van der Waals surface area contributed by atoms with Crippen molar-refractivity contribution in [1.82, 2.24) is 9.37 Å². The minimum Gasteiger partial charge on any atom is -0.444 e. The molecule has 1 amide bonds. The van der Waals surface area contributed by atoms with Crippen LogP contribution in [-0.2, 0) is 24.0 Å². The van der Waals surface area contributed by atoms with Crippen LogP contribution in [0.5, 0.6) is 0 Å². The summed E-state index contributed by atoms with van der Waals surface area (Å²) in [7, 11) is -6.76. The van der Waals surface area contributed by atoms with Gasteiger partial charge in [-0.15, -0.1) is 6.58 Å². The second kappa shape index (κ2) is 13.2. The molecule has 0 radical (unpaired) electrons. The summed E-state index contributed by atoms with van der Waals surface area (Å²) in [6, 6.07) is 3.56. The summed E-state index contributed by atoms with van der Waals surface area (Å²) in [6.07, 6.45) is 2.98. The van der Waals surface area contributed by atoms with Crippen LogP contribution in [0.1, 0.15) is 54.9 Å². The van der Waals surface area contributed by atoms with Crippen LogP contribution in [0.15, 0.2) is 53.5 Å². The Morgan fingerprint density at radius 3 is 2.34 bits per heavy atom. The fourth-order valence-electron chi connectivity index (χ4n) is 4.04. The largest absolute Gasteiger partial charge is 0.444 e. The van der Waals surface area contributed by atoms with Crippen molar-refractivity contribution in [2.75, 3.05) is 19.8 Å². The van der Waals surface area contributed by atoms with Gasteiger partial charge in [0.2, 0.25) is 0 Å². The number of ether oxygens (including phenoxy) is 1. The molecular weight excluding hydrogens is 566 g/mol. The highest BCUT2D eigenvalue weighted by molar-refractivity contribution is 7.89. The van der Waals surface area contributed by atoms with Crippen LogP contribution in [0.3, 0.4) is 0 Å². The van der Waals surface area contributed by atoms with Crippen LogP contribution in [-0.4, -0.2) is 74.6 Å². The predicted molar refractivity (Wildman–Crippen MR) is 160 cm³/mol. The Hall–Kier alpha value is -2.58. The van der Waals surface area contributed by atoms with E-state index in [1.54, 1.807) is 26.8 Å². The average molecular weight is 612 g/mol.